The van der Waals surface area contributed by atoms with E-state index in [0.717, 1.165) is 16.8 Å². The van der Waals surface area contributed by atoms with Gasteiger partial charge in [-0.1, -0.05) is 23.7 Å². The highest BCUT2D eigenvalue weighted by Gasteiger charge is 2.33. The molecule has 1 N–H and O–H groups in total. The molecule has 1 aromatic heterocycles. The minimum absolute atomic E-state index is 0.204. The normalized spacial score (nSPS) is 17.9. The number of nitrogens with zero attached hydrogens (tertiary/aromatic N) is 2. The number of halogens is 1. The summed E-state index contributed by atoms with van der Waals surface area (Å²) in [5.74, 6) is 1.36. The Morgan fingerprint density at radius 1 is 1.19 bits per heavy atom. The van der Waals surface area contributed by atoms with Crippen molar-refractivity contribution in [3.8, 4) is 17.2 Å². The summed E-state index contributed by atoms with van der Waals surface area (Å²) >= 11 is 6.36. The van der Waals surface area contributed by atoms with E-state index in [4.69, 9.17) is 30.4 Å². The summed E-state index contributed by atoms with van der Waals surface area (Å²) in [5, 5.41) is 0.547. The van der Waals surface area contributed by atoms with Gasteiger partial charge in [-0.05, 0) is 37.1 Å². The largest absolute Gasteiger partial charge is 0.493 e. The van der Waals surface area contributed by atoms with Gasteiger partial charge < -0.3 is 18.8 Å². The summed E-state index contributed by atoms with van der Waals surface area (Å²) in [6.07, 6.45) is 2.90. The SMILES string of the molecule is COc1cccc([C@@H]2O[C@@H](CCCS(=O)(=O)O)c3nccn3-c3ccc(Cl)cc32)c1OC. The predicted molar refractivity (Wildman–Crippen MR) is 119 cm³/mol. The second kappa shape index (κ2) is 9.11. The highest BCUT2D eigenvalue weighted by Crippen LogP contribution is 2.46. The molecule has 0 amide bonds. The standard InChI is InChI=1S/C22H23ClN2O6S/c1-29-18-6-3-5-15(21(18)30-2)20-16-13-14(23)8-9-17(16)25-11-10-24-22(25)19(31-20)7-4-12-32(26,27)28/h3,5-6,8-11,13,19-20H,4,7,12H2,1-2H3,(H,26,27,28)/t19-,20-/m0/s1. The molecule has 2 atom stereocenters. The maximum absolute atomic E-state index is 11.2. The highest BCUT2D eigenvalue weighted by molar-refractivity contribution is 7.85. The Kier molecular flexibility index (Phi) is 6.43. The zero-order chi connectivity index (χ0) is 22.9. The first-order valence-electron chi connectivity index (χ1n) is 9.97. The van der Waals surface area contributed by atoms with E-state index in [9.17, 15) is 8.42 Å². The fourth-order valence-corrected chi connectivity index (χ4v) is 4.73. The fraction of sp³-hybridized carbons (Fsp3) is 0.318. The topological polar surface area (TPSA) is 99.9 Å². The second-order valence-corrected chi connectivity index (χ2v) is 9.38. The van der Waals surface area contributed by atoms with Crippen molar-refractivity contribution in [2.75, 3.05) is 20.0 Å². The van der Waals surface area contributed by atoms with E-state index >= 15 is 0 Å². The maximum Gasteiger partial charge on any atom is 0.264 e. The fourth-order valence-electron chi connectivity index (χ4n) is 4.02. The van der Waals surface area contributed by atoms with Gasteiger partial charge in [0.2, 0.25) is 0 Å². The lowest BCUT2D eigenvalue weighted by Crippen LogP contribution is -2.14. The number of rotatable bonds is 7. The van der Waals surface area contributed by atoms with Gasteiger partial charge in [0.1, 0.15) is 18.0 Å². The predicted octanol–water partition coefficient (Wildman–Crippen LogP) is 4.37. The molecule has 0 unspecified atom stereocenters. The van der Waals surface area contributed by atoms with E-state index < -0.39 is 22.3 Å². The molecule has 170 valence electrons. The molecule has 0 aliphatic carbocycles. The van der Waals surface area contributed by atoms with Crippen LogP contribution in [-0.2, 0) is 14.9 Å². The van der Waals surface area contributed by atoms with Gasteiger partial charge in [-0.25, -0.2) is 4.98 Å². The Labute approximate surface area is 191 Å². The molecule has 4 rings (SSSR count). The summed E-state index contributed by atoms with van der Waals surface area (Å²) in [5.41, 5.74) is 2.38. The number of hydrogen-bond acceptors (Lipinski definition) is 6. The zero-order valence-corrected chi connectivity index (χ0v) is 19.1. The van der Waals surface area contributed by atoms with Crippen LogP contribution in [0.1, 0.15) is 42.0 Å². The van der Waals surface area contributed by atoms with Gasteiger partial charge >= 0.3 is 0 Å². The van der Waals surface area contributed by atoms with Crippen LogP contribution >= 0.6 is 11.6 Å². The average molecular weight is 479 g/mol. The molecule has 1 aliphatic heterocycles. The van der Waals surface area contributed by atoms with Crippen LogP contribution in [0.25, 0.3) is 5.69 Å². The van der Waals surface area contributed by atoms with Crippen molar-refractivity contribution in [1.29, 1.82) is 0 Å². The van der Waals surface area contributed by atoms with Crippen LogP contribution in [0.3, 0.4) is 0 Å². The first-order chi connectivity index (χ1) is 15.3. The summed E-state index contributed by atoms with van der Waals surface area (Å²) in [4.78, 5) is 4.48. The number of imidazole rings is 1. The van der Waals surface area contributed by atoms with Gasteiger partial charge in [0, 0.05) is 28.5 Å². The van der Waals surface area contributed by atoms with Crippen molar-refractivity contribution in [3.05, 3.63) is 70.8 Å². The van der Waals surface area contributed by atoms with E-state index in [-0.39, 0.29) is 12.2 Å². The minimum atomic E-state index is -4.08. The summed E-state index contributed by atoms with van der Waals surface area (Å²) in [7, 11) is -0.955. The van der Waals surface area contributed by atoms with E-state index in [0.29, 0.717) is 28.8 Å². The van der Waals surface area contributed by atoms with Crippen molar-refractivity contribution < 1.29 is 27.2 Å². The van der Waals surface area contributed by atoms with Crippen LogP contribution in [0.15, 0.2) is 48.8 Å². The molecular weight excluding hydrogens is 456 g/mol. The molecule has 2 heterocycles. The van der Waals surface area contributed by atoms with Crippen LogP contribution < -0.4 is 9.47 Å². The zero-order valence-electron chi connectivity index (χ0n) is 17.6. The number of hydrogen-bond donors (Lipinski definition) is 1. The van der Waals surface area contributed by atoms with Crippen LogP contribution in [0, 0.1) is 0 Å². The molecule has 1 aliphatic rings. The third-order valence-corrected chi connectivity index (χ3v) is 6.41. The lowest BCUT2D eigenvalue weighted by atomic mass is 9.98. The molecule has 0 spiro atoms. The molecule has 0 bridgehead atoms. The van der Waals surface area contributed by atoms with Gasteiger partial charge in [-0.15, -0.1) is 0 Å². The van der Waals surface area contributed by atoms with Gasteiger partial charge in [0.05, 0.1) is 25.7 Å². The third kappa shape index (κ3) is 4.47. The Hall–Kier alpha value is -2.59. The van der Waals surface area contributed by atoms with Crippen molar-refractivity contribution in [2.45, 2.75) is 25.0 Å². The number of fused-ring (bicyclic) bond motifs is 3. The summed E-state index contributed by atoms with van der Waals surface area (Å²) < 4.78 is 51.2. The van der Waals surface area contributed by atoms with E-state index in [1.54, 1.807) is 32.5 Å². The van der Waals surface area contributed by atoms with Gasteiger partial charge in [-0.3, -0.25) is 4.55 Å². The highest BCUT2D eigenvalue weighted by atomic mass is 35.5. The summed E-state index contributed by atoms with van der Waals surface area (Å²) in [6.45, 7) is 0. The van der Waals surface area contributed by atoms with Crippen molar-refractivity contribution >= 4 is 21.7 Å². The number of para-hydroxylation sites is 1. The Morgan fingerprint density at radius 3 is 2.72 bits per heavy atom. The number of benzene rings is 2. The molecule has 3 aromatic rings. The molecule has 0 saturated carbocycles. The molecule has 8 nitrogen and oxygen atoms in total. The van der Waals surface area contributed by atoms with E-state index in [1.165, 1.54) is 0 Å². The van der Waals surface area contributed by atoms with Gasteiger partial charge in [0.15, 0.2) is 11.5 Å². The number of methoxy groups -OCH3 is 2. The Balaban J connectivity index is 1.85. The minimum Gasteiger partial charge on any atom is -0.493 e. The molecule has 2 aromatic carbocycles. The smallest absolute Gasteiger partial charge is 0.264 e. The Bertz CT molecular complexity index is 1230. The van der Waals surface area contributed by atoms with E-state index in [2.05, 4.69) is 4.98 Å². The molecule has 32 heavy (non-hydrogen) atoms. The quantitative estimate of drug-likeness (QED) is 0.503. The molecule has 0 saturated heterocycles. The second-order valence-electron chi connectivity index (χ2n) is 7.37. The molecule has 0 radical (unpaired) electrons. The molecule has 10 heteroatoms. The lowest BCUT2D eigenvalue weighted by molar-refractivity contribution is -0.00158. The molecule has 0 fully saturated rings. The van der Waals surface area contributed by atoms with Crippen LogP contribution in [0.5, 0.6) is 11.5 Å². The van der Waals surface area contributed by atoms with Gasteiger partial charge in [-0.2, -0.15) is 8.42 Å². The van der Waals surface area contributed by atoms with E-state index in [1.807, 2.05) is 35.0 Å². The third-order valence-electron chi connectivity index (χ3n) is 5.37. The van der Waals surface area contributed by atoms with Gasteiger partial charge in [0.25, 0.3) is 10.1 Å². The van der Waals surface area contributed by atoms with Crippen molar-refractivity contribution in [1.82, 2.24) is 9.55 Å². The van der Waals surface area contributed by atoms with Crippen LogP contribution in [0.4, 0.5) is 0 Å². The summed E-state index contributed by atoms with van der Waals surface area (Å²) in [6, 6.07) is 11.1. The van der Waals surface area contributed by atoms with Crippen LogP contribution in [-0.4, -0.2) is 42.5 Å². The number of ether oxygens (including phenoxy) is 3. The average Bonchev–Trinajstić information content (AvgIpc) is 3.20. The lowest BCUT2D eigenvalue weighted by Gasteiger charge is -2.25. The van der Waals surface area contributed by atoms with Crippen molar-refractivity contribution in [2.24, 2.45) is 0 Å². The van der Waals surface area contributed by atoms with Crippen LogP contribution in [0.2, 0.25) is 5.02 Å². The first-order valence-corrected chi connectivity index (χ1v) is 12.0. The first kappa shape index (κ1) is 22.6. The maximum atomic E-state index is 11.2. The Morgan fingerprint density at radius 2 is 2.00 bits per heavy atom. The molecular formula is C22H23ClN2O6S. The monoisotopic (exact) mass is 478 g/mol. The number of aromatic nitrogens is 2. The van der Waals surface area contributed by atoms with Crippen molar-refractivity contribution in [3.63, 3.8) is 0 Å².